The summed E-state index contributed by atoms with van der Waals surface area (Å²) in [5.41, 5.74) is 0.895. The van der Waals surface area contributed by atoms with Gasteiger partial charge in [0.1, 0.15) is 10.8 Å². The molecule has 0 bridgehead atoms. The summed E-state index contributed by atoms with van der Waals surface area (Å²) < 4.78 is 28.5. The van der Waals surface area contributed by atoms with Crippen molar-refractivity contribution in [2.45, 2.75) is 26.5 Å². The standard InChI is InChI=1S/C14H16F2N2OS/c1-3-17-9(2)12-8-18-13(20-12)10-4-6-11(7-5-10)19-14(15)16/h4-9,14,17H,3H2,1-2H3. The first-order chi connectivity index (χ1) is 9.60. The maximum absolute atomic E-state index is 12.1. The van der Waals surface area contributed by atoms with Crippen LogP contribution >= 0.6 is 11.3 Å². The number of hydrogen-bond donors (Lipinski definition) is 1. The van der Waals surface area contributed by atoms with Gasteiger partial charge in [-0.1, -0.05) is 6.92 Å². The van der Waals surface area contributed by atoms with Crippen molar-refractivity contribution >= 4 is 11.3 Å². The Hall–Kier alpha value is -1.53. The highest BCUT2D eigenvalue weighted by Gasteiger charge is 2.10. The molecule has 2 aromatic rings. The van der Waals surface area contributed by atoms with Crippen LogP contribution in [0, 0.1) is 0 Å². The van der Waals surface area contributed by atoms with Crippen molar-refractivity contribution < 1.29 is 13.5 Å². The molecule has 3 nitrogen and oxygen atoms in total. The van der Waals surface area contributed by atoms with Gasteiger partial charge >= 0.3 is 6.61 Å². The smallest absolute Gasteiger partial charge is 0.387 e. The molecule has 1 atom stereocenters. The Morgan fingerprint density at radius 3 is 2.60 bits per heavy atom. The van der Waals surface area contributed by atoms with Crippen LogP contribution in [-0.2, 0) is 0 Å². The van der Waals surface area contributed by atoms with E-state index in [1.807, 2.05) is 6.20 Å². The molecule has 1 heterocycles. The van der Waals surface area contributed by atoms with Crippen LogP contribution in [0.15, 0.2) is 30.5 Å². The highest BCUT2D eigenvalue weighted by molar-refractivity contribution is 7.15. The SMILES string of the molecule is CCNC(C)c1cnc(-c2ccc(OC(F)F)cc2)s1. The van der Waals surface area contributed by atoms with Crippen LogP contribution in [0.3, 0.4) is 0 Å². The summed E-state index contributed by atoms with van der Waals surface area (Å²) in [6.45, 7) is 2.24. The average molecular weight is 298 g/mol. The van der Waals surface area contributed by atoms with Gasteiger partial charge in [-0.2, -0.15) is 8.78 Å². The minimum Gasteiger partial charge on any atom is -0.435 e. The van der Waals surface area contributed by atoms with E-state index in [1.165, 1.54) is 12.1 Å². The van der Waals surface area contributed by atoms with E-state index in [9.17, 15) is 8.78 Å². The summed E-state index contributed by atoms with van der Waals surface area (Å²) in [5.74, 6) is 0.154. The molecule has 0 aliphatic carbocycles. The first-order valence-electron chi connectivity index (χ1n) is 6.34. The van der Waals surface area contributed by atoms with Crippen molar-refractivity contribution in [2.75, 3.05) is 6.54 Å². The number of hydrogen-bond acceptors (Lipinski definition) is 4. The third-order valence-corrected chi connectivity index (χ3v) is 4.02. The van der Waals surface area contributed by atoms with Gasteiger partial charge in [0, 0.05) is 22.7 Å². The Labute approximate surface area is 120 Å². The van der Waals surface area contributed by atoms with E-state index in [0.29, 0.717) is 0 Å². The molecule has 108 valence electrons. The Kier molecular flexibility index (Phi) is 5.03. The number of benzene rings is 1. The van der Waals surface area contributed by atoms with Crippen LogP contribution in [0.25, 0.3) is 10.6 Å². The number of alkyl halides is 2. The molecular formula is C14H16F2N2OS. The molecule has 0 aliphatic rings. The lowest BCUT2D eigenvalue weighted by Crippen LogP contribution is -2.16. The Morgan fingerprint density at radius 1 is 1.30 bits per heavy atom. The zero-order valence-electron chi connectivity index (χ0n) is 11.3. The molecule has 1 aromatic carbocycles. The predicted octanol–water partition coefficient (Wildman–Crippen LogP) is 4.08. The monoisotopic (exact) mass is 298 g/mol. The van der Waals surface area contributed by atoms with Crippen molar-refractivity contribution in [3.63, 3.8) is 0 Å². The van der Waals surface area contributed by atoms with Crippen LogP contribution in [0.2, 0.25) is 0 Å². The van der Waals surface area contributed by atoms with E-state index in [0.717, 1.165) is 22.0 Å². The Bertz CT molecular complexity index is 542. The lowest BCUT2D eigenvalue weighted by molar-refractivity contribution is -0.0498. The number of nitrogens with zero attached hydrogens (tertiary/aromatic N) is 1. The highest BCUT2D eigenvalue weighted by Crippen LogP contribution is 2.29. The molecule has 0 fully saturated rings. The molecule has 1 N–H and O–H groups in total. The fraction of sp³-hybridized carbons (Fsp3) is 0.357. The fourth-order valence-electron chi connectivity index (χ4n) is 1.81. The summed E-state index contributed by atoms with van der Waals surface area (Å²) in [5, 5.41) is 4.19. The minimum atomic E-state index is -2.80. The van der Waals surface area contributed by atoms with Gasteiger partial charge in [-0.3, -0.25) is 0 Å². The average Bonchev–Trinajstić information content (AvgIpc) is 2.89. The molecule has 0 spiro atoms. The van der Waals surface area contributed by atoms with Gasteiger partial charge in [0.2, 0.25) is 0 Å². The predicted molar refractivity (Wildman–Crippen MR) is 76.3 cm³/mol. The second-order valence-electron chi connectivity index (χ2n) is 4.25. The van der Waals surface area contributed by atoms with Gasteiger partial charge in [-0.25, -0.2) is 4.98 Å². The molecule has 0 aliphatic heterocycles. The zero-order chi connectivity index (χ0) is 14.5. The topological polar surface area (TPSA) is 34.2 Å². The molecular weight excluding hydrogens is 282 g/mol. The van der Waals surface area contributed by atoms with Gasteiger partial charge in [0.25, 0.3) is 0 Å². The van der Waals surface area contributed by atoms with Crippen LogP contribution in [0.5, 0.6) is 5.75 Å². The number of ether oxygens (including phenoxy) is 1. The van der Waals surface area contributed by atoms with E-state index in [2.05, 4.69) is 28.9 Å². The first kappa shape index (κ1) is 14.9. The molecule has 0 saturated heterocycles. The summed E-state index contributed by atoms with van der Waals surface area (Å²) in [7, 11) is 0. The number of thiazole rings is 1. The molecule has 6 heteroatoms. The van der Waals surface area contributed by atoms with Crippen molar-refractivity contribution in [3.05, 3.63) is 35.3 Å². The maximum atomic E-state index is 12.1. The molecule has 20 heavy (non-hydrogen) atoms. The van der Waals surface area contributed by atoms with Crippen molar-refractivity contribution in [1.29, 1.82) is 0 Å². The van der Waals surface area contributed by atoms with Gasteiger partial charge in [0.05, 0.1) is 0 Å². The van der Waals surface area contributed by atoms with E-state index < -0.39 is 6.61 Å². The number of aromatic nitrogens is 1. The first-order valence-corrected chi connectivity index (χ1v) is 7.16. The number of halogens is 2. The van der Waals surface area contributed by atoms with E-state index >= 15 is 0 Å². The molecule has 2 rings (SSSR count). The molecule has 1 unspecified atom stereocenters. The molecule has 0 radical (unpaired) electrons. The quantitative estimate of drug-likeness (QED) is 0.872. The van der Waals surface area contributed by atoms with E-state index in [1.54, 1.807) is 23.5 Å². The second-order valence-corrected chi connectivity index (χ2v) is 5.31. The largest absolute Gasteiger partial charge is 0.435 e. The van der Waals surface area contributed by atoms with Gasteiger partial charge in [0.15, 0.2) is 0 Å². The Balaban J connectivity index is 2.11. The normalized spacial score (nSPS) is 12.7. The van der Waals surface area contributed by atoms with Gasteiger partial charge in [-0.15, -0.1) is 11.3 Å². The second kappa shape index (κ2) is 6.76. The summed E-state index contributed by atoms with van der Waals surface area (Å²) in [6.07, 6.45) is 1.84. The van der Waals surface area contributed by atoms with Crippen LogP contribution in [-0.4, -0.2) is 18.1 Å². The summed E-state index contributed by atoms with van der Waals surface area (Å²) >= 11 is 1.59. The highest BCUT2D eigenvalue weighted by atomic mass is 32.1. The van der Waals surface area contributed by atoms with Crippen molar-refractivity contribution in [2.24, 2.45) is 0 Å². The van der Waals surface area contributed by atoms with Crippen molar-refractivity contribution in [1.82, 2.24) is 10.3 Å². The molecule has 0 saturated carbocycles. The maximum Gasteiger partial charge on any atom is 0.387 e. The lowest BCUT2D eigenvalue weighted by atomic mass is 10.2. The zero-order valence-corrected chi connectivity index (χ0v) is 12.1. The third kappa shape index (κ3) is 3.74. The van der Waals surface area contributed by atoms with Gasteiger partial charge < -0.3 is 10.1 Å². The molecule has 0 amide bonds. The number of nitrogens with one attached hydrogen (secondary N) is 1. The van der Waals surface area contributed by atoms with E-state index in [-0.39, 0.29) is 11.8 Å². The lowest BCUT2D eigenvalue weighted by Gasteiger charge is -2.08. The van der Waals surface area contributed by atoms with Crippen LogP contribution in [0.4, 0.5) is 8.78 Å². The number of rotatable bonds is 6. The fourth-order valence-corrected chi connectivity index (χ4v) is 2.75. The third-order valence-electron chi connectivity index (χ3n) is 2.79. The minimum absolute atomic E-state index is 0.154. The summed E-state index contributed by atoms with van der Waals surface area (Å²) in [6, 6.07) is 6.77. The van der Waals surface area contributed by atoms with Crippen LogP contribution < -0.4 is 10.1 Å². The molecule has 1 aromatic heterocycles. The van der Waals surface area contributed by atoms with Gasteiger partial charge in [-0.05, 0) is 37.7 Å². The van der Waals surface area contributed by atoms with Crippen LogP contribution in [0.1, 0.15) is 24.8 Å². The summed E-state index contributed by atoms with van der Waals surface area (Å²) in [4.78, 5) is 5.52. The van der Waals surface area contributed by atoms with Crippen molar-refractivity contribution in [3.8, 4) is 16.3 Å². The Morgan fingerprint density at radius 2 is 2.00 bits per heavy atom. The van der Waals surface area contributed by atoms with E-state index in [4.69, 9.17) is 0 Å².